The molecule has 1 aromatic heterocycles. The molecule has 1 aromatic rings. The molecule has 1 amide bonds. The largest absolute Gasteiger partial charge is 0.352 e. The highest BCUT2D eigenvalue weighted by Crippen LogP contribution is 2.17. The quantitative estimate of drug-likeness (QED) is 0.804. The van der Waals surface area contributed by atoms with Gasteiger partial charge in [-0.3, -0.25) is 9.78 Å². The predicted octanol–water partition coefficient (Wildman–Crippen LogP) is 1.23. The van der Waals surface area contributed by atoms with Crippen LogP contribution in [0.15, 0.2) is 24.4 Å². The van der Waals surface area contributed by atoms with Crippen molar-refractivity contribution in [3.8, 4) is 0 Å². The Labute approximate surface area is 102 Å². The first-order valence-corrected chi connectivity index (χ1v) is 6.24. The number of pyridine rings is 1. The Morgan fingerprint density at radius 2 is 2.18 bits per heavy atom. The van der Waals surface area contributed by atoms with Gasteiger partial charge in [0.25, 0.3) is 0 Å². The molecule has 4 nitrogen and oxygen atoms in total. The standard InChI is InChI=1S/C13H19N3O/c17-13(16-11-5-1-2-6-11)10-14-9-12-7-3-4-8-15-12/h3-4,7-8,11,14H,1-2,5-6,9-10H2,(H,16,17). The monoisotopic (exact) mass is 233 g/mol. The molecular weight excluding hydrogens is 214 g/mol. The fraction of sp³-hybridized carbons (Fsp3) is 0.538. The van der Waals surface area contributed by atoms with Crippen molar-refractivity contribution in [1.29, 1.82) is 0 Å². The number of hydrogen-bond acceptors (Lipinski definition) is 3. The van der Waals surface area contributed by atoms with Gasteiger partial charge in [0, 0.05) is 18.8 Å². The fourth-order valence-electron chi connectivity index (χ4n) is 2.16. The molecule has 0 bridgehead atoms. The van der Waals surface area contributed by atoms with Crippen LogP contribution in [0.4, 0.5) is 0 Å². The Bertz CT molecular complexity index is 347. The van der Waals surface area contributed by atoms with E-state index in [1.54, 1.807) is 6.20 Å². The molecule has 2 rings (SSSR count). The molecule has 2 N–H and O–H groups in total. The van der Waals surface area contributed by atoms with Crippen LogP contribution in [-0.2, 0) is 11.3 Å². The van der Waals surface area contributed by atoms with E-state index in [9.17, 15) is 4.79 Å². The lowest BCUT2D eigenvalue weighted by molar-refractivity contribution is -0.120. The third-order valence-electron chi connectivity index (χ3n) is 3.04. The summed E-state index contributed by atoms with van der Waals surface area (Å²) in [5.74, 6) is 0.0906. The SMILES string of the molecule is O=C(CNCc1ccccn1)NC1CCCC1. The Balaban J connectivity index is 1.63. The molecule has 4 heteroatoms. The summed E-state index contributed by atoms with van der Waals surface area (Å²) in [5, 5.41) is 6.14. The Morgan fingerprint density at radius 3 is 2.88 bits per heavy atom. The number of nitrogens with zero attached hydrogens (tertiary/aromatic N) is 1. The zero-order chi connectivity index (χ0) is 11.9. The van der Waals surface area contributed by atoms with Crippen LogP contribution < -0.4 is 10.6 Å². The summed E-state index contributed by atoms with van der Waals surface area (Å²) in [7, 11) is 0. The van der Waals surface area contributed by atoms with Crippen LogP contribution in [0.25, 0.3) is 0 Å². The maximum absolute atomic E-state index is 11.6. The number of carbonyl (C=O) groups excluding carboxylic acids is 1. The molecular formula is C13H19N3O. The normalized spacial score (nSPS) is 16.0. The van der Waals surface area contributed by atoms with Crippen molar-refractivity contribution in [3.63, 3.8) is 0 Å². The highest BCUT2D eigenvalue weighted by atomic mass is 16.1. The highest BCUT2D eigenvalue weighted by molar-refractivity contribution is 5.78. The molecule has 1 aliphatic rings. The number of aromatic nitrogens is 1. The highest BCUT2D eigenvalue weighted by Gasteiger charge is 2.16. The summed E-state index contributed by atoms with van der Waals surface area (Å²) in [4.78, 5) is 15.8. The van der Waals surface area contributed by atoms with Gasteiger partial charge in [0.2, 0.25) is 5.91 Å². The topological polar surface area (TPSA) is 54.0 Å². The second kappa shape index (κ2) is 6.35. The molecule has 0 saturated heterocycles. The molecule has 1 fully saturated rings. The van der Waals surface area contributed by atoms with E-state index >= 15 is 0 Å². The van der Waals surface area contributed by atoms with Crippen LogP contribution >= 0.6 is 0 Å². The van der Waals surface area contributed by atoms with Crippen molar-refractivity contribution >= 4 is 5.91 Å². The first kappa shape index (κ1) is 12.0. The fourth-order valence-corrected chi connectivity index (χ4v) is 2.16. The third kappa shape index (κ3) is 4.15. The van der Waals surface area contributed by atoms with Crippen LogP contribution in [0.2, 0.25) is 0 Å². The van der Waals surface area contributed by atoms with E-state index in [0.29, 0.717) is 19.1 Å². The lowest BCUT2D eigenvalue weighted by Gasteiger charge is -2.12. The van der Waals surface area contributed by atoms with Crippen LogP contribution in [0.3, 0.4) is 0 Å². The van der Waals surface area contributed by atoms with Crippen molar-refractivity contribution in [2.45, 2.75) is 38.3 Å². The number of amides is 1. The van der Waals surface area contributed by atoms with Crippen molar-refractivity contribution in [1.82, 2.24) is 15.6 Å². The van der Waals surface area contributed by atoms with Gasteiger partial charge in [0.05, 0.1) is 12.2 Å². The van der Waals surface area contributed by atoms with E-state index in [2.05, 4.69) is 15.6 Å². The summed E-state index contributed by atoms with van der Waals surface area (Å²) < 4.78 is 0. The van der Waals surface area contributed by atoms with Gasteiger partial charge in [-0.1, -0.05) is 18.9 Å². The number of nitrogens with one attached hydrogen (secondary N) is 2. The van der Waals surface area contributed by atoms with Crippen LogP contribution in [0, 0.1) is 0 Å². The summed E-state index contributed by atoms with van der Waals surface area (Å²) in [5.41, 5.74) is 0.959. The van der Waals surface area contributed by atoms with Crippen molar-refractivity contribution in [2.75, 3.05) is 6.54 Å². The van der Waals surface area contributed by atoms with Gasteiger partial charge in [0.15, 0.2) is 0 Å². The molecule has 0 aliphatic heterocycles. The van der Waals surface area contributed by atoms with Crippen LogP contribution in [0.5, 0.6) is 0 Å². The maximum atomic E-state index is 11.6. The van der Waals surface area contributed by atoms with Gasteiger partial charge in [-0.25, -0.2) is 0 Å². The van der Waals surface area contributed by atoms with E-state index < -0.39 is 0 Å². The minimum Gasteiger partial charge on any atom is -0.352 e. The van der Waals surface area contributed by atoms with Gasteiger partial charge >= 0.3 is 0 Å². The molecule has 0 radical (unpaired) electrons. The zero-order valence-corrected chi connectivity index (χ0v) is 9.98. The van der Waals surface area contributed by atoms with Crippen molar-refractivity contribution in [3.05, 3.63) is 30.1 Å². The third-order valence-corrected chi connectivity index (χ3v) is 3.04. The average Bonchev–Trinajstić information content (AvgIpc) is 2.83. The van der Waals surface area contributed by atoms with Crippen LogP contribution in [-0.4, -0.2) is 23.5 Å². The minimum absolute atomic E-state index is 0.0906. The van der Waals surface area contributed by atoms with Crippen LogP contribution in [0.1, 0.15) is 31.4 Å². The molecule has 17 heavy (non-hydrogen) atoms. The van der Waals surface area contributed by atoms with Crippen molar-refractivity contribution in [2.24, 2.45) is 0 Å². The molecule has 1 heterocycles. The second-order valence-corrected chi connectivity index (χ2v) is 4.47. The maximum Gasteiger partial charge on any atom is 0.234 e. The number of carbonyl (C=O) groups is 1. The predicted molar refractivity (Wildman–Crippen MR) is 66.3 cm³/mol. The first-order chi connectivity index (χ1) is 8.34. The summed E-state index contributed by atoms with van der Waals surface area (Å²) in [6, 6.07) is 6.18. The summed E-state index contributed by atoms with van der Waals surface area (Å²) in [6.45, 7) is 1.01. The Morgan fingerprint density at radius 1 is 1.35 bits per heavy atom. The van der Waals surface area contributed by atoms with E-state index in [4.69, 9.17) is 0 Å². The molecule has 0 atom stereocenters. The van der Waals surface area contributed by atoms with E-state index in [1.807, 2.05) is 18.2 Å². The second-order valence-electron chi connectivity index (χ2n) is 4.47. The molecule has 1 saturated carbocycles. The van der Waals surface area contributed by atoms with Gasteiger partial charge in [-0.15, -0.1) is 0 Å². The van der Waals surface area contributed by atoms with E-state index in [-0.39, 0.29) is 5.91 Å². The molecule has 1 aliphatic carbocycles. The molecule has 0 unspecified atom stereocenters. The smallest absolute Gasteiger partial charge is 0.234 e. The Hall–Kier alpha value is -1.42. The lowest BCUT2D eigenvalue weighted by atomic mass is 10.2. The van der Waals surface area contributed by atoms with Gasteiger partial charge in [-0.2, -0.15) is 0 Å². The zero-order valence-electron chi connectivity index (χ0n) is 9.98. The van der Waals surface area contributed by atoms with E-state index in [0.717, 1.165) is 18.5 Å². The molecule has 0 aromatic carbocycles. The Kier molecular flexibility index (Phi) is 4.50. The van der Waals surface area contributed by atoms with Gasteiger partial charge in [-0.05, 0) is 25.0 Å². The van der Waals surface area contributed by atoms with Gasteiger partial charge < -0.3 is 10.6 Å². The number of rotatable bonds is 5. The summed E-state index contributed by atoms with van der Waals surface area (Å²) >= 11 is 0. The first-order valence-electron chi connectivity index (χ1n) is 6.24. The molecule has 0 spiro atoms. The molecule has 92 valence electrons. The van der Waals surface area contributed by atoms with E-state index in [1.165, 1.54) is 12.8 Å². The van der Waals surface area contributed by atoms with Gasteiger partial charge in [0.1, 0.15) is 0 Å². The number of hydrogen-bond donors (Lipinski definition) is 2. The summed E-state index contributed by atoms with van der Waals surface area (Å²) in [6.07, 6.45) is 6.51. The van der Waals surface area contributed by atoms with Crippen molar-refractivity contribution < 1.29 is 4.79 Å². The average molecular weight is 233 g/mol. The lowest BCUT2D eigenvalue weighted by Crippen LogP contribution is -2.39. The minimum atomic E-state index is 0.0906.